The predicted octanol–water partition coefficient (Wildman–Crippen LogP) is 7.63. The molecule has 1 aliphatic carbocycles. The quantitative estimate of drug-likeness (QED) is 0.222. The van der Waals surface area contributed by atoms with Crippen molar-refractivity contribution in [3.8, 4) is 0 Å². The second-order valence-corrected chi connectivity index (χ2v) is 9.63. The minimum atomic E-state index is -4.67. The van der Waals surface area contributed by atoms with Crippen molar-refractivity contribution in [2.45, 2.75) is 51.2 Å². The Morgan fingerprint density at radius 3 is 2.53 bits per heavy atom. The Morgan fingerprint density at radius 1 is 1.21 bits per heavy atom. The third kappa shape index (κ3) is 7.71. The van der Waals surface area contributed by atoms with Crippen LogP contribution in [0.4, 0.5) is 24.5 Å². The average molecular weight is 524 g/mol. The highest BCUT2D eigenvalue weighted by Crippen LogP contribution is 2.39. The molecule has 1 unspecified atom stereocenters. The van der Waals surface area contributed by atoms with Crippen molar-refractivity contribution in [3.63, 3.8) is 0 Å². The van der Waals surface area contributed by atoms with Crippen molar-refractivity contribution in [2.24, 2.45) is 11.7 Å². The van der Waals surface area contributed by atoms with Crippen molar-refractivity contribution in [1.29, 1.82) is 0 Å². The molecule has 1 aliphatic rings. The molecule has 0 saturated heterocycles. The lowest BCUT2D eigenvalue weighted by atomic mass is 9.86. The SMILES string of the molecule is C=C/C(=C\C)C(CCC1CC1)c1cccc(NC(=O)/C(=C/C(=C)C(F)(F)F)N(C)c2cccc(CN)c2)c1. The number of nitrogens with two attached hydrogens (primary N) is 1. The largest absolute Gasteiger partial charge is 0.415 e. The lowest BCUT2D eigenvalue weighted by molar-refractivity contribution is -0.112. The van der Waals surface area contributed by atoms with E-state index in [9.17, 15) is 18.0 Å². The van der Waals surface area contributed by atoms with Gasteiger partial charge in [-0.3, -0.25) is 4.79 Å². The summed E-state index contributed by atoms with van der Waals surface area (Å²) in [6, 6.07) is 14.5. The molecule has 3 N–H and O–H groups in total. The van der Waals surface area contributed by atoms with Crippen LogP contribution in [0.15, 0.2) is 96.8 Å². The maximum absolute atomic E-state index is 13.4. The zero-order chi connectivity index (χ0) is 27.9. The second-order valence-electron chi connectivity index (χ2n) is 9.63. The van der Waals surface area contributed by atoms with E-state index < -0.39 is 17.7 Å². The lowest BCUT2D eigenvalue weighted by Gasteiger charge is -2.24. The van der Waals surface area contributed by atoms with Gasteiger partial charge in [0.1, 0.15) is 5.70 Å². The molecule has 0 heterocycles. The number of rotatable bonds is 12. The predicted molar refractivity (Wildman–Crippen MR) is 150 cm³/mol. The van der Waals surface area contributed by atoms with Gasteiger partial charge in [-0.1, -0.05) is 62.4 Å². The van der Waals surface area contributed by atoms with E-state index in [0.717, 1.165) is 41.5 Å². The van der Waals surface area contributed by atoms with E-state index in [1.807, 2.05) is 43.3 Å². The molecule has 3 rings (SSSR count). The van der Waals surface area contributed by atoms with Gasteiger partial charge in [-0.2, -0.15) is 13.2 Å². The third-order valence-electron chi connectivity index (χ3n) is 6.88. The fraction of sp³-hybridized carbons (Fsp3) is 0.323. The third-order valence-corrected chi connectivity index (χ3v) is 6.88. The number of alkyl halides is 3. The van der Waals surface area contributed by atoms with Crippen molar-refractivity contribution in [2.75, 3.05) is 17.3 Å². The zero-order valence-electron chi connectivity index (χ0n) is 22.0. The van der Waals surface area contributed by atoms with Crippen LogP contribution >= 0.6 is 0 Å². The summed E-state index contributed by atoms with van der Waals surface area (Å²) in [6.45, 7) is 9.34. The fourth-order valence-electron chi connectivity index (χ4n) is 4.42. The molecule has 7 heteroatoms. The van der Waals surface area contributed by atoms with E-state index in [1.54, 1.807) is 24.3 Å². The van der Waals surface area contributed by atoms with Crippen LogP contribution in [0.2, 0.25) is 0 Å². The number of halogens is 3. The maximum Gasteiger partial charge on any atom is 0.415 e. The van der Waals surface area contributed by atoms with Crippen LogP contribution in [0.25, 0.3) is 0 Å². The minimum Gasteiger partial charge on any atom is -0.340 e. The minimum absolute atomic E-state index is 0.122. The molecule has 202 valence electrons. The highest BCUT2D eigenvalue weighted by atomic mass is 19.4. The Bertz CT molecular complexity index is 1220. The van der Waals surface area contributed by atoms with E-state index in [0.29, 0.717) is 11.4 Å². The normalized spacial score (nSPS) is 15.1. The molecule has 38 heavy (non-hydrogen) atoms. The number of nitrogens with zero attached hydrogens (tertiary/aromatic N) is 1. The molecule has 0 bridgehead atoms. The Labute approximate surface area is 223 Å². The highest BCUT2D eigenvalue weighted by molar-refractivity contribution is 6.06. The lowest BCUT2D eigenvalue weighted by Crippen LogP contribution is -2.29. The standard InChI is InChI=1S/C31H36F3N3O/c1-5-24(6-2)28(16-15-22-13-14-22)25-10-8-11-26(19-25)36-30(38)29(17-21(3)31(32,33)34)37(4)27-12-7-9-23(18-27)20-35/h5-12,17-19,22,28H,1,3,13-16,20,35H2,2,4H3,(H,36,38)/b24-6+,29-17-. The van der Waals surface area contributed by atoms with Crippen LogP contribution < -0.4 is 16.0 Å². The maximum atomic E-state index is 13.4. The molecular weight excluding hydrogens is 487 g/mol. The van der Waals surface area contributed by atoms with E-state index >= 15 is 0 Å². The summed E-state index contributed by atoms with van der Waals surface area (Å²) >= 11 is 0. The number of carbonyl (C=O) groups excluding carboxylic acids is 1. The molecule has 0 spiro atoms. The molecule has 4 nitrogen and oxygen atoms in total. The first-order chi connectivity index (χ1) is 18.1. The monoisotopic (exact) mass is 523 g/mol. The Hall–Kier alpha value is -3.58. The van der Waals surface area contributed by atoms with Crippen LogP contribution in [0, 0.1) is 5.92 Å². The molecule has 2 aromatic carbocycles. The van der Waals surface area contributed by atoms with Gasteiger partial charge in [-0.25, -0.2) is 0 Å². The molecule has 0 radical (unpaired) electrons. The number of nitrogens with one attached hydrogen (secondary N) is 1. The van der Waals surface area contributed by atoms with Crippen LogP contribution in [-0.2, 0) is 11.3 Å². The van der Waals surface area contributed by atoms with Crippen molar-refractivity contribution in [1.82, 2.24) is 0 Å². The number of anilines is 2. The number of hydrogen-bond donors (Lipinski definition) is 2. The summed E-state index contributed by atoms with van der Waals surface area (Å²) in [7, 11) is 1.54. The Kier molecular flexibility index (Phi) is 9.75. The molecule has 2 aromatic rings. The van der Waals surface area contributed by atoms with Gasteiger partial charge in [0.15, 0.2) is 0 Å². The van der Waals surface area contributed by atoms with E-state index in [-0.39, 0.29) is 18.2 Å². The Morgan fingerprint density at radius 2 is 1.92 bits per heavy atom. The summed E-state index contributed by atoms with van der Waals surface area (Å²) < 4.78 is 40.1. The first-order valence-corrected chi connectivity index (χ1v) is 12.8. The Balaban J connectivity index is 1.92. The topological polar surface area (TPSA) is 58.4 Å². The smallest absolute Gasteiger partial charge is 0.340 e. The van der Waals surface area contributed by atoms with Gasteiger partial charge >= 0.3 is 6.18 Å². The number of allylic oxidation sites excluding steroid dienone is 5. The molecule has 1 atom stereocenters. The van der Waals surface area contributed by atoms with Gasteiger partial charge < -0.3 is 16.0 Å². The summed E-state index contributed by atoms with van der Waals surface area (Å²) in [6.07, 6.45) is 4.61. The number of hydrogen-bond acceptors (Lipinski definition) is 3. The van der Waals surface area contributed by atoms with Gasteiger partial charge in [0.05, 0.1) is 5.57 Å². The first-order valence-electron chi connectivity index (χ1n) is 12.8. The van der Waals surface area contributed by atoms with Gasteiger partial charge in [-0.15, -0.1) is 0 Å². The average Bonchev–Trinajstić information content (AvgIpc) is 3.73. The molecule has 0 aliphatic heterocycles. The van der Waals surface area contributed by atoms with E-state index in [4.69, 9.17) is 5.73 Å². The highest BCUT2D eigenvalue weighted by Gasteiger charge is 2.32. The summed E-state index contributed by atoms with van der Waals surface area (Å²) in [5.74, 6) is 0.209. The number of likely N-dealkylation sites (N-methyl/N-ethyl adjacent to an activating group) is 1. The molecular formula is C31H36F3N3O. The second kappa shape index (κ2) is 12.8. The van der Waals surface area contributed by atoms with Crippen molar-refractivity contribution >= 4 is 17.3 Å². The van der Waals surface area contributed by atoms with Crippen LogP contribution in [0.3, 0.4) is 0 Å². The van der Waals surface area contributed by atoms with Crippen LogP contribution in [0.5, 0.6) is 0 Å². The van der Waals surface area contributed by atoms with Gasteiger partial charge in [0.25, 0.3) is 5.91 Å². The van der Waals surface area contributed by atoms with Gasteiger partial charge in [0.2, 0.25) is 0 Å². The molecule has 1 amide bonds. The fourth-order valence-corrected chi connectivity index (χ4v) is 4.42. The van der Waals surface area contributed by atoms with E-state index in [2.05, 4.69) is 18.5 Å². The van der Waals surface area contributed by atoms with Crippen molar-refractivity contribution in [3.05, 3.63) is 108 Å². The van der Waals surface area contributed by atoms with Crippen molar-refractivity contribution < 1.29 is 18.0 Å². The summed E-state index contributed by atoms with van der Waals surface area (Å²) in [5, 5.41) is 2.80. The summed E-state index contributed by atoms with van der Waals surface area (Å²) in [5.41, 5.74) is 8.35. The number of benzene rings is 2. The van der Waals surface area contributed by atoms with Gasteiger partial charge in [0, 0.05) is 30.9 Å². The van der Waals surface area contributed by atoms with E-state index in [1.165, 1.54) is 24.8 Å². The molecule has 1 fully saturated rings. The van der Waals surface area contributed by atoms with Crippen LogP contribution in [-0.4, -0.2) is 19.1 Å². The first kappa shape index (κ1) is 29.0. The zero-order valence-corrected chi connectivity index (χ0v) is 22.0. The number of amides is 1. The van der Waals surface area contributed by atoms with Crippen LogP contribution in [0.1, 0.15) is 49.7 Å². The van der Waals surface area contributed by atoms with Gasteiger partial charge in [-0.05, 0) is 72.7 Å². The molecule has 0 aromatic heterocycles. The number of carbonyl (C=O) groups is 1. The molecule has 1 saturated carbocycles. The summed E-state index contributed by atoms with van der Waals surface area (Å²) in [4.78, 5) is 14.8.